The number of nitro groups is 1. The molecule has 2 aromatic rings. The molecular weight excluding hydrogens is 404 g/mol. The molecule has 1 aromatic carbocycles. The molecule has 2 unspecified atom stereocenters. The van der Waals surface area contributed by atoms with Gasteiger partial charge in [-0.3, -0.25) is 14.9 Å². The largest absolute Gasteiger partial charge is 0.480 e. The third-order valence-corrected chi connectivity index (χ3v) is 5.05. The average molecular weight is 430 g/mol. The topological polar surface area (TPSA) is 117 Å². The lowest BCUT2D eigenvalue weighted by Crippen LogP contribution is -2.44. The first-order valence-corrected chi connectivity index (χ1v) is 10.2. The summed E-state index contributed by atoms with van der Waals surface area (Å²) in [7, 11) is 0. The number of esters is 1. The highest BCUT2D eigenvalue weighted by Crippen LogP contribution is 2.24. The molecule has 1 fully saturated rings. The van der Waals surface area contributed by atoms with E-state index in [1.807, 2.05) is 0 Å². The highest BCUT2D eigenvalue weighted by atomic mass is 16.6. The maximum atomic E-state index is 12.6. The predicted molar refractivity (Wildman–Crippen MR) is 111 cm³/mol. The van der Waals surface area contributed by atoms with Crippen LogP contribution in [0.1, 0.15) is 37.7 Å². The second kappa shape index (κ2) is 9.59. The minimum absolute atomic E-state index is 0.0615. The molecule has 1 aliphatic rings. The number of nitrogens with zero attached hydrogens (tertiary/aromatic N) is 4. The zero-order chi connectivity index (χ0) is 22.5. The molecule has 1 saturated heterocycles. The van der Waals surface area contributed by atoms with Gasteiger partial charge in [0, 0.05) is 25.2 Å². The van der Waals surface area contributed by atoms with E-state index in [-0.39, 0.29) is 36.3 Å². The standard InChI is InChI=1S/C21H26N4O6/c1-4-30-21(27)20-18(31-13-19(26)23-10-14(2)9-15(3)11-23)12-24(22-20)16-5-7-17(8-6-16)25(28)29/h5-8,12,14-15H,4,9-11,13H2,1-3H3. The van der Waals surface area contributed by atoms with Crippen molar-refractivity contribution >= 4 is 17.6 Å². The van der Waals surface area contributed by atoms with Crippen LogP contribution in [0, 0.1) is 22.0 Å². The predicted octanol–water partition coefficient (Wildman–Crippen LogP) is 2.84. The molecule has 1 aromatic heterocycles. The van der Waals surface area contributed by atoms with Crippen LogP contribution in [0.5, 0.6) is 5.75 Å². The number of nitro benzene ring substituents is 1. The van der Waals surface area contributed by atoms with E-state index < -0.39 is 10.9 Å². The lowest BCUT2D eigenvalue weighted by Gasteiger charge is -2.34. The summed E-state index contributed by atoms with van der Waals surface area (Å²) in [5.74, 6) is 0.130. The van der Waals surface area contributed by atoms with Gasteiger partial charge in [0.1, 0.15) is 0 Å². The van der Waals surface area contributed by atoms with Crippen molar-refractivity contribution in [2.75, 3.05) is 26.3 Å². The van der Waals surface area contributed by atoms with Crippen LogP contribution in [0.25, 0.3) is 5.69 Å². The minimum atomic E-state index is -0.675. The Kier molecular flexibility index (Phi) is 6.88. The maximum Gasteiger partial charge on any atom is 0.362 e. The van der Waals surface area contributed by atoms with E-state index in [2.05, 4.69) is 18.9 Å². The van der Waals surface area contributed by atoms with Gasteiger partial charge in [-0.05, 0) is 37.3 Å². The van der Waals surface area contributed by atoms with E-state index in [9.17, 15) is 19.7 Å². The van der Waals surface area contributed by atoms with Gasteiger partial charge < -0.3 is 14.4 Å². The number of carbonyl (C=O) groups excluding carboxylic acids is 2. The normalized spacial score (nSPS) is 18.5. The number of hydrogen-bond acceptors (Lipinski definition) is 7. The van der Waals surface area contributed by atoms with E-state index >= 15 is 0 Å². The van der Waals surface area contributed by atoms with Crippen LogP contribution in [0.2, 0.25) is 0 Å². The number of carbonyl (C=O) groups is 2. The molecule has 0 spiro atoms. The molecule has 3 rings (SSSR count). The van der Waals surface area contributed by atoms with Crippen molar-refractivity contribution in [3.63, 3.8) is 0 Å². The Bertz CT molecular complexity index is 945. The number of non-ortho nitro benzene ring substituents is 1. The second-order valence-corrected chi connectivity index (χ2v) is 7.81. The maximum absolute atomic E-state index is 12.6. The molecule has 10 nitrogen and oxygen atoms in total. The van der Waals surface area contributed by atoms with Crippen LogP contribution in [-0.4, -0.2) is 57.8 Å². The van der Waals surface area contributed by atoms with Crippen LogP contribution in [0.4, 0.5) is 5.69 Å². The van der Waals surface area contributed by atoms with E-state index in [0.717, 1.165) is 6.42 Å². The molecule has 166 valence electrons. The molecule has 2 heterocycles. The Hall–Kier alpha value is -3.43. The van der Waals surface area contributed by atoms with Gasteiger partial charge in [0.15, 0.2) is 12.4 Å². The molecule has 0 saturated carbocycles. The van der Waals surface area contributed by atoms with Crippen molar-refractivity contribution in [1.29, 1.82) is 0 Å². The summed E-state index contributed by atoms with van der Waals surface area (Å²) in [6.45, 7) is 7.20. The Morgan fingerprint density at radius 1 is 1.19 bits per heavy atom. The van der Waals surface area contributed by atoms with Gasteiger partial charge in [0.05, 0.1) is 23.4 Å². The Balaban J connectivity index is 1.78. The summed E-state index contributed by atoms with van der Waals surface area (Å²) in [6, 6.07) is 5.69. The number of benzene rings is 1. The van der Waals surface area contributed by atoms with Crippen molar-refractivity contribution in [3.05, 3.63) is 46.3 Å². The lowest BCUT2D eigenvalue weighted by atomic mass is 9.92. The molecule has 10 heteroatoms. The first-order chi connectivity index (χ1) is 14.8. The van der Waals surface area contributed by atoms with Crippen LogP contribution in [0.15, 0.2) is 30.5 Å². The first kappa shape index (κ1) is 22.3. The third-order valence-electron chi connectivity index (χ3n) is 5.05. The van der Waals surface area contributed by atoms with Gasteiger partial charge in [-0.25, -0.2) is 9.48 Å². The smallest absolute Gasteiger partial charge is 0.362 e. The molecule has 2 atom stereocenters. The van der Waals surface area contributed by atoms with Crippen molar-refractivity contribution in [1.82, 2.24) is 14.7 Å². The van der Waals surface area contributed by atoms with E-state index in [0.29, 0.717) is 30.6 Å². The Labute approximate surface area is 179 Å². The third kappa shape index (κ3) is 5.39. The molecule has 0 bridgehead atoms. The number of piperidine rings is 1. The van der Waals surface area contributed by atoms with Gasteiger partial charge in [0.2, 0.25) is 5.69 Å². The van der Waals surface area contributed by atoms with Crippen LogP contribution in [-0.2, 0) is 9.53 Å². The summed E-state index contributed by atoms with van der Waals surface area (Å²) in [4.78, 5) is 37.1. The summed E-state index contributed by atoms with van der Waals surface area (Å²) in [6.07, 6.45) is 2.54. The van der Waals surface area contributed by atoms with Crippen LogP contribution < -0.4 is 4.74 Å². The van der Waals surface area contributed by atoms with Crippen molar-refractivity contribution in [2.24, 2.45) is 11.8 Å². The Morgan fingerprint density at radius 2 is 1.84 bits per heavy atom. The molecule has 0 radical (unpaired) electrons. The van der Waals surface area contributed by atoms with Crippen molar-refractivity contribution in [3.8, 4) is 11.4 Å². The van der Waals surface area contributed by atoms with Crippen molar-refractivity contribution in [2.45, 2.75) is 27.2 Å². The lowest BCUT2D eigenvalue weighted by molar-refractivity contribution is -0.384. The van der Waals surface area contributed by atoms with Gasteiger partial charge in [0.25, 0.3) is 11.6 Å². The molecule has 31 heavy (non-hydrogen) atoms. The average Bonchev–Trinajstić information content (AvgIpc) is 3.16. The summed E-state index contributed by atoms with van der Waals surface area (Å²) in [5.41, 5.74) is 0.373. The van der Waals surface area contributed by atoms with Crippen LogP contribution >= 0.6 is 0 Å². The van der Waals surface area contributed by atoms with Gasteiger partial charge in [-0.15, -0.1) is 0 Å². The molecule has 1 aliphatic heterocycles. The zero-order valence-corrected chi connectivity index (χ0v) is 17.8. The second-order valence-electron chi connectivity index (χ2n) is 7.81. The molecule has 0 N–H and O–H groups in total. The monoisotopic (exact) mass is 430 g/mol. The number of amides is 1. The molecule has 0 aliphatic carbocycles. The van der Waals surface area contributed by atoms with E-state index in [1.54, 1.807) is 11.8 Å². The highest BCUT2D eigenvalue weighted by Gasteiger charge is 2.27. The fourth-order valence-corrected chi connectivity index (χ4v) is 3.76. The molecular formula is C21H26N4O6. The van der Waals surface area contributed by atoms with E-state index in [4.69, 9.17) is 9.47 Å². The summed E-state index contributed by atoms with van der Waals surface area (Å²) >= 11 is 0. The molecule has 1 amide bonds. The number of ether oxygens (including phenoxy) is 2. The fourth-order valence-electron chi connectivity index (χ4n) is 3.76. The minimum Gasteiger partial charge on any atom is -0.480 e. The van der Waals surface area contributed by atoms with Gasteiger partial charge >= 0.3 is 5.97 Å². The summed E-state index contributed by atoms with van der Waals surface area (Å²) in [5, 5.41) is 15.1. The number of likely N-dealkylation sites (tertiary alicyclic amines) is 1. The number of hydrogen-bond donors (Lipinski definition) is 0. The number of rotatable bonds is 7. The fraction of sp³-hybridized carbons (Fsp3) is 0.476. The number of aromatic nitrogens is 2. The highest BCUT2D eigenvalue weighted by molar-refractivity contribution is 5.90. The van der Waals surface area contributed by atoms with Crippen LogP contribution in [0.3, 0.4) is 0 Å². The van der Waals surface area contributed by atoms with E-state index in [1.165, 1.54) is 35.1 Å². The Morgan fingerprint density at radius 3 is 2.42 bits per heavy atom. The quantitative estimate of drug-likeness (QED) is 0.377. The first-order valence-electron chi connectivity index (χ1n) is 10.2. The zero-order valence-electron chi connectivity index (χ0n) is 17.8. The van der Waals surface area contributed by atoms with Crippen molar-refractivity contribution < 1.29 is 24.0 Å². The SMILES string of the molecule is CCOC(=O)c1nn(-c2ccc([N+](=O)[O-])cc2)cc1OCC(=O)N1CC(C)CC(C)C1. The van der Waals surface area contributed by atoms with Gasteiger partial charge in [-0.1, -0.05) is 13.8 Å². The summed E-state index contributed by atoms with van der Waals surface area (Å²) < 4.78 is 12.1. The van der Waals surface area contributed by atoms with Gasteiger partial charge in [-0.2, -0.15) is 5.10 Å².